The largest absolute Gasteiger partial charge is 0.342 e. The Kier molecular flexibility index (Phi) is 5.87. The molecule has 1 saturated carbocycles. The van der Waals surface area contributed by atoms with Gasteiger partial charge in [0, 0.05) is 25.6 Å². The summed E-state index contributed by atoms with van der Waals surface area (Å²) in [5, 5.41) is 0. The molecule has 1 aliphatic carbocycles. The van der Waals surface area contributed by atoms with Gasteiger partial charge < -0.3 is 10.6 Å². The van der Waals surface area contributed by atoms with Crippen molar-refractivity contribution in [3.8, 4) is 0 Å². The number of nitrogens with two attached hydrogens (primary N) is 1. The molecule has 22 heavy (non-hydrogen) atoms. The number of likely N-dealkylation sites (tertiary alicyclic amines) is 1. The van der Waals surface area contributed by atoms with Gasteiger partial charge in [0.1, 0.15) is 0 Å². The lowest BCUT2D eigenvalue weighted by atomic mass is 9.98. The summed E-state index contributed by atoms with van der Waals surface area (Å²) in [6.45, 7) is 3.99. The van der Waals surface area contributed by atoms with Crippen LogP contribution in [0.3, 0.4) is 0 Å². The third-order valence-corrected chi connectivity index (χ3v) is 5.32. The summed E-state index contributed by atoms with van der Waals surface area (Å²) >= 11 is 0. The predicted molar refractivity (Wildman–Crippen MR) is 92.2 cm³/mol. The van der Waals surface area contributed by atoms with Crippen molar-refractivity contribution in [1.82, 2.24) is 4.90 Å². The molecule has 1 heterocycles. The molecule has 1 aromatic carbocycles. The van der Waals surface area contributed by atoms with Gasteiger partial charge in [-0.1, -0.05) is 31.2 Å². The van der Waals surface area contributed by atoms with Crippen LogP contribution in [0, 0.1) is 11.8 Å². The minimum Gasteiger partial charge on any atom is -0.342 e. The van der Waals surface area contributed by atoms with E-state index in [-0.39, 0.29) is 12.4 Å². The summed E-state index contributed by atoms with van der Waals surface area (Å²) in [6.07, 6.45) is 4.88. The van der Waals surface area contributed by atoms with Crippen LogP contribution in [0.5, 0.6) is 0 Å². The van der Waals surface area contributed by atoms with Crippen molar-refractivity contribution < 1.29 is 4.79 Å². The molecule has 1 amide bonds. The minimum absolute atomic E-state index is 0. The number of carbonyl (C=O) groups is 1. The highest BCUT2D eigenvalue weighted by atomic mass is 35.5. The Morgan fingerprint density at radius 3 is 2.50 bits per heavy atom. The van der Waals surface area contributed by atoms with Crippen LogP contribution in [0.25, 0.3) is 0 Å². The van der Waals surface area contributed by atoms with Gasteiger partial charge in [-0.2, -0.15) is 0 Å². The third kappa shape index (κ3) is 3.64. The summed E-state index contributed by atoms with van der Waals surface area (Å²) in [5.41, 5.74) is 8.75. The van der Waals surface area contributed by atoms with Gasteiger partial charge in [0.25, 0.3) is 0 Å². The van der Waals surface area contributed by atoms with Crippen LogP contribution in [0.2, 0.25) is 0 Å². The van der Waals surface area contributed by atoms with E-state index in [2.05, 4.69) is 36.1 Å². The SMILES string of the molecule is CCc1ccc(CCC(=O)N2CC3CCC(N)C3C2)cc1.Cl. The van der Waals surface area contributed by atoms with Crippen molar-refractivity contribution in [3.05, 3.63) is 35.4 Å². The zero-order valence-corrected chi connectivity index (χ0v) is 14.1. The van der Waals surface area contributed by atoms with Crippen LogP contribution < -0.4 is 5.73 Å². The second kappa shape index (κ2) is 7.47. The van der Waals surface area contributed by atoms with E-state index >= 15 is 0 Å². The Hall–Kier alpha value is -1.06. The molecule has 3 rings (SSSR count). The topological polar surface area (TPSA) is 46.3 Å². The molecule has 3 atom stereocenters. The molecule has 1 aliphatic heterocycles. The van der Waals surface area contributed by atoms with Crippen molar-refractivity contribution in [1.29, 1.82) is 0 Å². The van der Waals surface area contributed by atoms with Crippen molar-refractivity contribution in [2.24, 2.45) is 17.6 Å². The maximum atomic E-state index is 12.4. The first kappa shape index (κ1) is 17.3. The quantitative estimate of drug-likeness (QED) is 0.926. The normalized spacial score (nSPS) is 26.6. The first-order chi connectivity index (χ1) is 10.2. The minimum atomic E-state index is 0. The third-order valence-electron chi connectivity index (χ3n) is 5.32. The zero-order chi connectivity index (χ0) is 14.8. The molecule has 1 saturated heterocycles. The lowest BCUT2D eigenvalue weighted by Crippen LogP contribution is -2.33. The van der Waals surface area contributed by atoms with Gasteiger partial charge in [0.05, 0.1) is 0 Å². The van der Waals surface area contributed by atoms with Gasteiger partial charge in [0.15, 0.2) is 0 Å². The molecular formula is C18H27ClN2O. The summed E-state index contributed by atoms with van der Waals surface area (Å²) in [7, 11) is 0. The van der Waals surface area contributed by atoms with Crippen LogP contribution in [-0.4, -0.2) is 29.9 Å². The van der Waals surface area contributed by atoms with Crippen LogP contribution in [0.15, 0.2) is 24.3 Å². The van der Waals surface area contributed by atoms with E-state index in [4.69, 9.17) is 5.73 Å². The van der Waals surface area contributed by atoms with Crippen molar-refractivity contribution in [2.45, 2.75) is 45.1 Å². The maximum Gasteiger partial charge on any atom is 0.222 e. The number of benzene rings is 1. The number of aryl methyl sites for hydroxylation is 2. The highest BCUT2D eigenvalue weighted by Gasteiger charge is 2.42. The zero-order valence-electron chi connectivity index (χ0n) is 13.3. The first-order valence-electron chi connectivity index (χ1n) is 8.28. The summed E-state index contributed by atoms with van der Waals surface area (Å²) < 4.78 is 0. The molecule has 0 radical (unpaired) electrons. The number of fused-ring (bicyclic) bond motifs is 1. The molecule has 0 aromatic heterocycles. The Labute approximate surface area is 139 Å². The Balaban J connectivity index is 0.00000176. The highest BCUT2D eigenvalue weighted by molar-refractivity contribution is 5.85. The lowest BCUT2D eigenvalue weighted by molar-refractivity contribution is -0.130. The molecular weight excluding hydrogens is 296 g/mol. The molecule has 2 fully saturated rings. The molecule has 1 aromatic rings. The van der Waals surface area contributed by atoms with Crippen molar-refractivity contribution >= 4 is 18.3 Å². The summed E-state index contributed by atoms with van der Waals surface area (Å²) in [5.74, 6) is 1.52. The fourth-order valence-electron chi connectivity index (χ4n) is 3.86. The Bertz CT molecular complexity index is 502. The number of hydrogen-bond donors (Lipinski definition) is 1. The van der Waals surface area contributed by atoms with Crippen LogP contribution in [0.1, 0.15) is 37.3 Å². The summed E-state index contributed by atoms with van der Waals surface area (Å²) in [4.78, 5) is 14.4. The van der Waals surface area contributed by atoms with E-state index < -0.39 is 0 Å². The van der Waals surface area contributed by atoms with Gasteiger partial charge in [-0.3, -0.25) is 4.79 Å². The number of hydrogen-bond acceptors (Lipinski definition) is 2. The molecule has 3 unspecified atom stereocenters. The average molecular weight is 323 g/mol. The maximum absolute atomic E-state index is 12.4. The molecule has 0 spiro atoms. The number of amides is 1. The second-order valence-electron chi connectivity index (χ2n) is 6.63. The number of nitrogens with zero attached hydrogens (tertiary/aromatic N) is 1. The molecule has 2 aliphatic rings. The lowest BCUT2D eigenvalue weighted by Gasteiger charge is -2.18. The fraction of sp³-hybridized carbons (Fsp3) is 0.611. The first-order valence-corrected chi connectivity index (χ1v) is 8.28. The van der Waals surface area contributed by atoms with E-state index in [1.54, 1.807) is 0 Å². The van der Waals surface area contributed by atoms with Crippen LogP contribution in [-0.2, 0) is 17.6 Å². The van der Waals surface area contributed by atoms with Crippen molar-refractivity contribution in [3.63, 3.8) is 0 Å². The van der Waals surface area contributed by atoms with Gasteiger partial charge in [-0.05, 0) is 48.6 Å². The van der Waals surface area contributed by atoms with E-state index in [1.165, 1.54) is 17.5 Å². The van der Waals surface area contributed by atoms with Gasteiger partial charge >= 0.3 is 0 Å². The number of rotatable bonds is 4. The molecule has 3 nitrogen and oxygen atoms in total. The average Bonchev–Trinajstić information content (AvgIpc) is 3.08. The predicted octanol–water partition coefficient (Wildman–Crippen LogP) is 2.80. The van der Waals surface area contributed by atoms with Crippen molar-refractivity contribution in [2.75, 3.05) is 13.1 Å². The van der Waals surface area contributed by atoms with Crippen LogP contribution >= 0.6 is 12.4 Å². The molecule has 0 bridgehead atoms. The van der Waals surface area contributed by atoms with E-state index in [9.17, 15) is 4.79 Å². The monoisotopic (exact) mass is 322 g/mol. The van der Waals surface area contributed by atoms with Crippen LogP contribution in [0.4, 0.5) is 0 Å². The molecule has 2 N–H and O–H groups in total. The Morgan fingerprint density at radius 2 is 1.86 bits per heavy atom. The Morgan fingerprint density at radius 1 is 1.18 bits per heavy atom. The highest BCUT2D eigenvalue weighted by Crippen LogP contribution is 2.37. The number of halogens is 1. The van der Waals surface area contributed by atoms with E-state index in [1.807, 2.05) is 0 Å². The van der Waals surface area contributed by atoms with Gasteiger partial charge in [0.2, 0.25) is 5.91 Å². The van der Waals surface area contributed by atoms with E-state index in [0.717, 1.165) is 32.4 Å². The molecule has 4 heteroatoms. The standard InChI is InChI=1S/C18H26N2O.ClH/c1-2-13-3-5-14(6-4-13)7-10-18(21)20-11-15-8-9-17(19)16(15)12-20;/h3-6,15-17H,2,7-12,19H2,1H3;1H. The summed E-state index contributed by atoms with van der Waals surface area (Å²) in [6, 6.07) is 8.95. The second-order valence-corrected chi connectivity index (χ2v) is 6.63. The smallest absolute Gasteiger partial charge is 0.222 e. The number of carbonyl (C=O) groups excluding carboxylic acids is 1. The van der Waals surface area contributed by atoms with E-state index in [0.29, 0.717) is 30.2 Å². The van der Waals surface area contributed by atoms with Gasteiger partial charge in [-0.15, -0.1) is 12.4 Å². The molecule has 122 valence electrons. The van der Waals surface area contributed by atoms with Gasteiger partial charge in [-0.25, -0.2) is 0 Å². The fourth-order valence-corrected chi connectivity index (χ4v) is 3.86.